The van der Waals surface area contributed by atoms with Gasteiger partial charge in [-0.15, -0.1) is 10.2 Å². The van der Waals surface area contributed by atoms with E-state index in [0.29, 0.717) is 17.2 Å². The lowest BCUT2D eigenvalue weighted by molar-refractivity contribution is 0.0944. The van der Waals surface area contributed by atoms with E-state index < -0.39 is 0 Å². The van der Waals surface area contributed by atoms with Crippen LogP contribution >= 0.6 is 0 Å². The van der Waals surface area contributed by atoms with Gasteiger partial charge >= 0.3 is 0 Å². The standard InChI is InChI=1S/C18H14N6O/c25-18(15-8-4-5-11-19-15)20-12-17-22-21-16-10-9-14(23-24(16)17)13-6-2-1-3-7-13/h1-11H,12H2,(H,20,25). The number of nitrogens with zero attached hydrogens (tertiary/aromatic N) is 5. The van der Waals surface area contributed by atoms with Crippen LogP contribution in [0.2, 0.25) is 0 Å². The maximum Gasteiger partial charge on any atom is 0.270 e. The Morgan fingerprint density at radius 1 is 0.960 bits per heavy atom. The topological polar surface area (TPSA) is 85.1 Å². The Kier molecular flexibility index (Phi) is 3.88. The van der Waals surface area contributed by atoms with Crippen molar-refractivity contribution in [3.05, 3.63) is 78.4 Å². The summed E-state index contributed by atoms with van der Waals surface area (Å²) in [5.41, 5.74) is 2.79. The van der Waals surface area contributed by atoms with Crippen LogP contribution in [-0.2, 0) is 6.54 Å². The molecule has 0 unspecified atom stereocenters. The second kappa shape index (κ2) is 6.48. The van der Waals surface area contributed by atoms with Gasteiger partial charge < -0.3 is 5.32 Å². The van der Waals surface area contributed by atoms with Crippen LogP contribution in [0.25, 0.3) is 16.9 Å². The van der Waals surface area contributed by atoms with Crippen LogP contribution in [0.1, 0.15) is 16.3 Å². The predicted octanol–water partition coefficient (Wildman–Crippen LogP) is 2.12. The molecule has 0 aliphatic carbocycles. The monoisotopic (exact) mass is 330 g/mol. The van der Waals surface area contributed by atoms with Crippen molar-refractivity contribution in [2.75, 3.05) is 0 Å². The van der Waals surface area contributed by atoms with Gasteiger partial charge in [0.25, 0.3) is 5.91 Å². The van der Waals surface area contributed by atoms with Gasteiger partial charge in [-0.05, 0) is 24.3 Å². The second-order valence-electron chi connectivity index (χ2n) is 5.37. The molecule has 3 heterocycles. The Morgan fingerprint density at radius 3 is 2.60 bits per heavy atom. The van der Waals surface area contributed by atoms with Gasteiger partial charge in [-0.2, -0.15) is 9.61 Å². The van der Waals surface area contributed by atoms with E-state index in [4.69, 9.17) is 0 Å². The van der Waals surface area contributed by atoms with E-state index in [9.17, 15) is 4.79 Å². The van der Waals surface area contributed by atoms with Crippen molar-refractivity contribution >= 4 is 11.6 Å². The first-order valence-electron chi connectivity index (χ1n) is 7.77. The van der Waals surface area contributed by atoms with Crippen molar-refractivity contribution in [1.29, 1.82) is 0 Å². The SMILES string of the molecule is O=C(NCc1nnc2ccc(-c3ccccc3)nn12)c1ccccn1. The lowest BCUT2D eigenvalue weighted by Gasteiger charge is -2.05. The van der Waals surface area contributed by atoms with Crippen molar-refractivity contribution in [1.82, 2.24) is 30.1 Å². The largest absolute Gasteiger partial charge is 0.343 e. The smallest absolute Gasteiger partial charge is 0.270 e. The highest BCUT2D eigenvalue weighted by molar-refractivity contribution is 5.92. The molecule has 4 aromatic rings. The quantitative estimate of drug-likeness (QED) is 0.619. The number of rotatable bonds is 4. The molecule has 0 radical (unpaired) electrons. The molecular weight excluding hydrogens is 316 g/mol. The zero-order valence-corrected chi connectivity index (χ0v) is 13.2. The fourth-order valence-electron chi connectivity index (χ4n) is 2.45. The van der Waals surface area contributed by atoms with Crippen LogP contribution in [0.5, 0.6) is 0 Å². The van der Waals surface area contributed by atoms with E-state index in [1.807, 2.05) is 42.5 Å². The van der Waals surface area contributed by atoms with Gasteiger partial charge in [-0.3, -0.25) is 9.78 Å². The molecule has 1 amide bonds. The summed E-state index contributed by atoms with van der Waals surface area (Å²) >= 11 is 0. The highest BCUT2D eigenvalue weighted by Gasteiger charge is 2.11. The van der Waals surface area contributed by atoms with E-state index in [1.54, 1.807) is 28.9 Å². The van der Waals surface area contributed by atoms with Gasteiger partial charge in [-0.1, -0.05) is 36.4 Å². The first kappa shape index (κ1) is 14.9. The third-order valence-electron chi connectivity index (χ3n) is 3.70. The van der Waals surface area contributed by atoms with Crippen molar-refractivity contribution in [3.63, 3.8) is 0 Å². The molecule has 0 spiro atoms. The summed E-state index contributed by atoms with van der Waals surface area (Å²) in [6.07, 6.45) is 1.58. The van der Waals surface area contributed by atoms with Gasteiger partial charge in [0.1, 0.15) is 5.69 Å². The number of hydrogen-bond donors (Lipinski definition) is 1. The van der Waals surface area contributed by atoms with Crippen LogP contribution in [0.15, 0.2) is 66.9 Å². The van der Waals surface area contributed by atoms with Crippen LogP contribution in [-0.4, -0.2) is 30.7 Å². The first-order valence-corrected chi connectivity index (χ1v) is 7.77. The molecule has 7 nitrogen and oxygen atoms in total. The molecule has 122 valence electrons. The molecule has 0 aliphatic heterocycles. The van der Waals surface area contributed by atoms with Crippen molar-refractivity contribution in [2.45, 2.75) is 6.54 Å². The van der Waals surface area contributed by atoms with Gasteiger partial charge in [0, 0.05) is 11.8 Å². The number of amides is 1. The average Bonchev–Trinajstić information content (AvgIpc) is 3.10. The Balaban J connectivity index is 1.59. The zero-order chi connectivity index (χ0) is 17.1. The number of nitrogens with one attached hydrogen (secondary N) is 1. The maximum atomic E-state index is 12.1. The van der Waals surface area contributed by atoms with Crippen molar-refractivity contribution in [3.8, 4) is 11.3 Å². The molecule has 1 aromatic carbocycles. The molecule has 1 N–H and O–H groups in total. The highest BCUT2D eigenvalue weighted by atomic mass is 16.1. The van der Waals surface area contributed by atoms with E-state index in [0.717, 1.165) is 11.3 Å². The second-order valence-corrected chi connectivity index (χ2v) is 5.37. The molecule has 0 atom stereocenters. The minimum atomic E-state index is -0.267. The van der Waals surface area contributed by atoms with Gasteiger partial charge in [0.15, 0.2) is 11.5 Å². The number of carbonyl (C=O) groups is 1. The minimum absolute atomic E-state index is 0.210. The van der Waals surface area contributed by atoms with Gasteiger partial charge in [0.05, 0.1) is 12.2 Å². The van der Waals surface area contributed by atoms with Crippen molar-refractivity contribution < 1.29 is 4.79 Å². The molecule has 0 aliphatic rings. The fraction of sp³-hybridized carbons (Fsp3) is 0.0556. The minimum Gasteiger partial charge on any atom is -0.343 e. The average molecular weight is 330 g/mol. The van der Waals surface area contributed by atoms with E-state index in [1.165, 1.54) is 0 Å². The molecule has 0 saturated carbocycles. The number of pyridine rings is 1. The molecule has 0 fully saturated rings. The number of carbonyl (C=O) groups excluding carboxylic acids is 1. The summed E-state index contributed by atoms with van der Waals surface area (Å²) in [6, 6.07) is 18.8. The molecule has 4 rings (SSSR count). The fourth-order valence-corrected chi connectivity index (χ4v) is 2.45. The number of benzene rings is 1. The summed E-state index contributed by atoms with van der Waals surface area (Å²) in [7, 11) is 0. The highest BCUT2D eigenvalue weighted by Crippen LogP contribution is 2.16. The molecule has 0 saturated heterocycles. The van der Waals surface area contributed by atoms with Crippen LogP contribution < -0.4 is 5.32 Å². The van der Waals surface area contributed by atoms with Crippen LogP contribution in [0.4, 0.5) is 0 Å². The summed E-state index contributed by atoms with van der Waals surface area (Å²) in [5.74, 6) is 0.286. The Labute approximate surface area is 143 Å². The summed E-state index contributed by atoms with van der Waals surface area (Å²) in [6.45, 7) is 0.210. The van der Waals surface area contributed by atoms with Gasteiger partial charge in [0.2, 0.25) is 0 Å². The van der Waals surface area contributed by atoms with Crippen LogP contribution in [0.3, 0.4) is 0 Å². The number of fused-ring (bicyclic) bond motifs is 1. The summed E-state index contributed by atoms with van der Waals surface area (Å²) in [4.78, 5) is 16.1. The molecular formula is C18H14N6O. The third kappa shape index (κ3) is 3.07. The molecule has 3 aromatic heterocycles. The molecule has 25 heavy (non-hydrogen) atoms. The lowest BCUT2D eigenvalue weighted by atomic mass is 10.1. The Bertz CT molecular complexity index is 1010. The maximum absolute atomic E-state index is 12.1. The van der Waals surface area contributed by atoms with Gasteiger partial charge in [-0.25, -0.2) is 0 Å². The van der Waals surface area contributed by atoms with Crippen molar-refractivity contribution in [2.24, 2.45) is 0 Å². The third-order valence-corrected chi connectivity index (χ3v) is 3.70. The number of hydrogen-bond acceptors (Lipinski definition) is 5. The zero-order valence-electron chi connectivity index (χ0n) is 13.2. The first-order chi connectivity index (χ1) is 12.3. The summed E-state index contributed by atoms with van der Waals surface area (Å²) in [5, 5.41) is 15.6. The normalized spacial score (nSPS) is 10.7. The Hall–Kier alpha value is -3.61. The lowest BCUT2D eigenvalue weighted by Crippen LogP contribution is -2.25. The van der Waals surface area contributed by atoms with Crippen LogP contribution in [0, 0.1) is 0 Å². The van der Waals surface area contributed by atoms with E-state index >= 15 is 0 Å². The van der Waals surface area contributed by atoms with E-state index in [2.05, 4.69) is 25.6 Å². The van der Waals surface area contributed by atoms with E-state index in [-0.39, 0.29) is 12.5 Å². The summed E-state index contributed by atoms with van der Waals surface area (Å²) < 4.78 is 1.64. The Morgan fingerprint density at radius 2 is 1.80 bits per heavy atom. The predicted molar refractivity (Wildman–Crippen MR) is 91.6 cm³/mol. The molecule has 7 heteroatoms. The molecule has 0 bridgehead atoms. The number of aromatic nitrogens is 5.